The fourth-order valence-corrected chi connectivity index (χ4v) is 3.43. The van der Waals surface area contributed by atoms with Gasteiger partial charge in [0.05, 0.1) is 5.69 Å². The first kappa shape index (κ1) is 20.3. The molecule has 1 aromatic carbocycles. The highest BCUT2D eigenvalue weighted by Gasteiger charge is 2.51. The third-order valence-electron chi connectivity index (χ3n) is 5.37. The van der Waals surface area contributed by atoms with Gasteiger partial charge in [-0.25, -0.2) is 14.7 Å². The Labute approximate surface area is 170 Å². The normalized spacial score (nSPS) is 16.8. The van der Waals surface area contributed by atoms with Crippen LogP contribution in [-0.4, -0.2) is 33.9 Å². The van der Waals surface area contributed by atoms with Crippen LogP contribution < -0.4 is 10.6 Å². The number of pyridine rings is 1. The number of rotatable bonds is 5. The molecule has 0 bridgehead atoms. The van der Waals surface area contributed by atoms with Crippen molar-refractivity contribution < 1.29 is 9.59 Å². The van der Waals surface area contributed by atoms with Crippen LogP contribution in [0.2, 0.25) is 5.15 Å². The molecule has 1 aliphatic heterocycles. The monoisotopic (exact) mass is 400 g/mol. The Bertz CT molecular complexity index is 909. The minimum Gasteiger partial charge on any atom is -0.330 e. The lowest BCUT2D eigenvalue weighted by atomic mass is 9.85. The van der Waals surface area contributed by atoms with Crippen LogP contribution >= 0.6 is 11.6 Å². The molecule has 1 saturated heterocycles. The smallest absolute Gasteiger partial charge is 0.330 e. The van der Waals surface area contributed by atoms with Crippen molar-refractivity contribution in [3.63, 3.8) is 0 Å². The third-order valence-corrected chi connectivity index (χ3v) is 5.58. The number of aromatic nitrogens is 1. The van der Waals surface area contributed by atoms with Crippen LogP contribution in [0, 0.1) is 0 Å². The zero-order chi connectivity index (χ0) is 20.7. The van der Waals surface area contributed by atoms with E-state index < -0.39 is 5.54 Å². The molecule has 3 amide bonds. The maximum atomic E-state index is 13.1. The fourth-order valence-electron chi connectivity index (χ4n) is 3.23. The molecule has 28 heavy (non-hydrogen) atoms. The Kier molecular flexibility index (Phi) is 5.21. The van der Waals surface area contributed by atoms with Gasteiger partial charge in [0.2, 0.25) is 0 Å². The topological polar surface area (TPSA) is 79.5 Å². The molecular formula is C21H25ClN4O2. The van der Waals surface area contributed by atoms with Crippen LogP contribution in [0.3, 0.4) is 0 Å². The summed E-state index contributed by atoms with van der Waals surface area (Å²) in [4.78, 5) is 32.9. The number of anilines is 1. The van der Waals surface area contributed by atoms with E-state index in [1.54, 1.807) is 49.2 Å². The molecule has 3 rings (SSSR count). The molecule has 0 unspecified atom stereocenters. The Morgan fingerprint density at radius 2 is 1.79 bits per heavy atom. The van der Waals surface area contributed by atoms with Gasteiger partial charge in [-0.1, -0.05) is 37.6 Å². The molecule has 0 aliphatic carbocycles. The Hall–Kier alpha value is -2.44. The van der Waals surface area contributed by atoms with Crippen LogP contribution in [0.4, 0.5) is 10.5 Å². The summed E-state index contributed by atoms with van der Waals surface area (Å²) in [6, 6.07) is 10.6. The van der Waals surface area contributed by atoms with E-state index in [1.165, 1.54) is 4.90 Å². The SMILES string of the molecule is CC(C)(CN)c1ccc(N2C(=O)N(Cc3ccnc(Cl)c3)C(C)(C)C2=O)cc1. The van der Waals surface area contributed by atoms with Gasteiger partial charge in [-0.15, -0.1) is 0 Å². The summed E-state index contributed by atoms with van der Waals surface area (Å²) in [7, 11) is 0. The molecule has 0 spiro atoms. The zero-order valence-electron chi connectivity index (χ0n) is 16.6. The van der Waals surface area contributed by atoms with Crippen molar-refractivity contribution in [1.29, 1.82) is 0 Å². The number of nitrogens with two attached hydrogens (primary N) is 1. The number of carbonyl (C=O) groups excluding carboxylic acids is 2. The molecule has 1 aromatic heterocycles. The molecule has 148 valence electrons. The van der Waals surface area contributed by atoms with Gasteiger partial charge in [-0.05, 0) is 49.2 Å². The highest BCUT2D eigenvalue weighted by molar-refractivity contribution is 6.29. The maximum Gasteiger partial charge on any atom is 0.332 e. The average molecular weight is 401 g/mol. The van der Waals surface area contributed by atoms with Crippen molar-refractivity contribution >= 4 is 29.2 Å². The average Bonchev–Trinajstić information content (AvgIpc) is 2.82. The van der Waals surface area contributed by atoms with Gasteiger partial charge < -0.3 is 10.6 Å². The van der Waals surface area contributed by atoms with Gasteiger partial charge in [0, 0.05) is 24.7 Å². The second-order valence-corrected chi connectivity index (χ2v) is 8.58. The number of hydrogen-bond acceptors (Lipinski definition) is 4. The number of carbonyl (C=O) groups is 2. The van der Waals surface area contributed by atoms with Crippen molar-refractivity contribution in [3.8, 4) is 0 Å². The van der Waals surface area contributed by atoms with Crippen LogP contribution in [0.1, 0.15) is 38.8 Å². The van der Waals surface area contributed by atoms with E-state index in [4.69, 9.17) is 17.3 Å². The summed E-state index contributed by atoms with van der Waals surface area (Å²) in [6.45, 7) is 8.39. The Balaban J connectivity index is 1.91. The maximum absolute atomic E-state index is 13.1. The quantitative estimate of drug-likeness (QED) is 0.612. The third kappa shape index (κ3) is 3.50. The van der Waals surface area contributed by atoms with Crippen molar-refractivity contribution in [3.05, 3.63) is 58.9 Å². The van der Waals surface area contributed by atoms with Crippen molar-refractivity contribution in [1.82, 2.24) is 9.88 Å². The van der Waals surface area contributed by atoms with E-state index in [2.05, 4.69) is 18.8 Å². The van der Waals surface area contributed by atoms with Gasteiger partial charge in [0.15, 0.2) is 0 Å². The largest absolute Gasteiger partial charge is 0.332 e. The molecular weight excluding hydrogens is 376 g/mol. The number of benzene rings is 1. The molecule has 0 atom stereocenters. The molecule has 0 radical (unpaired) electrons. The van der Waals surface area contributed by atoms with Crippen LogP contribution in [0.5, 0.6) is 0 Å². The molecule has 0 saturated carbocycles. The van der Waals surface area contributed by atoms with Gasteiger partial charge >= 0.3 is 6.03 Å². The second-order valence-electron chi connectivity index (χ2n) is 8.19. The fraction of sp³-hybridized carbons (Fsp3) is 0.381. The molecule has 1 fully saturated rings. The van der Waals surface area contributed by atoms with Gasteiger partial charge in [-0.2, -0.15) is 0 Å². The number of imide groups is 1. The number of urea groups is 1. The summed E-state index contributed by atoms with van der Waals surface area (Å²) in [5, 5.41) is 0.350. The minimum absolute atomic E-state index is 0.177. The predicted octanol–water partition coefficient (Wildman–Crippen LogP) is 3.72. The van der Waals surface area contributed by atoms with Gasteiger partial charge in [0.1, 0.15) is 10.7 Å². The van der Waals surface area contributed by atoms with Gasteiger partial charge in [-0.3, -0.25) is 4.79 Å². The van der Waals surface area contributed by atoms with E-state index in [0.717, 1.165) is 11.1 Å². The second kappa shape index (κ2) is 7.18. The van der Waals surface area contributed by atoms with E-state index in [1.807, 2.05) is 12.1 Å². The number of halogens is 1. The number of nitrogens with zero attached hydrogens (tertiary/aromatic N) is 3. The lowest BCUT2D eigenvalue weighted by Crippen LogP contribution is -2.43. The number of amides is 3. The predicted molar refractivity (Wildman–Crippen MR) is 110 cm³/mol. The van der Waals surface area contributed by atoms with Crippen molar-refractivity contribution in [2.45, 2.75) is 45.2 Å². The van der Waals surface area contributed by atoms with Crippen molar-refractivity contribution in [2.24, 2.45) is 5.73 Å². The standard InChI is InChI=1S/C21H25ClN4O2/c1-20(2,13-23)15-5-7-16(8-6-15)26-18(27)21(3,4)25(19(26)28)12-14-9-10-24-17(22)11-14/h5-11H,12-13,23H2,1-4H3. The molecule has 2 heterocycles. The van der Waals surface area contributed by atoms with E-state index in [-0.39, 0.29) is 23.9 Å². The molecule has 6 nitrogen and oxygen atoms in total. The van der Waals surface area contributed by atoms with E-state index in [0.29, 0.717) is 17.4 Å². The zero-order valence-corrected chi connectivity index (χ0v) is 17.3. The minimum atomic E-state index is -0.970. The first-order valence-electron chi connectivity index (χ1n) is 9.15. The van der Waals surface area contributed by atoms with Crippen LogP contribution in [0.15, 0.2) is 42.6 Å². The molecule has 7 heteroatoms. The lowest BCUT2D eigenvalue weighted by molar-refractivity contribution is -0.123. The van der Waals surface area contributed by atoms with Gasteiger partial charge in [0.25, 0.3) is 5.91 Å². The molecule has 2 aromatic rings. The van der Waals surface area contributed by atoms with Crippen LogP contribution in [0.25, 0.3) is 0 Å². The Morgan fingerprint density at radius 3 is 2.36 bits per heavy atom. The first-order valence-corrected chi connectivity index (χ1v) is 9.53. The summed E-state index contributed by atoms with van der Waals surface area (Å²) in [5.41, 5.74) is 7.12. The first-order chi connectivity index (χ1) is 13.1. The number of hydrogen-bond donors (Lipinski definition) is 1. The molecule has 2 N–H and O–H groups in total. The highest BCUT2D eigenvalue weighted by Crippen LogP contribution is 2.34. The van der Waals surface area contributed by atoms with Crippen molar-refractivity contribution in [2.75, 3.05) is 11.4 Å². The summed E-state index contributed by atoms with van der Waals surface area (Å²) in [6.07, 6.45) is 1.59. The molecule has 1 aliphatic rings. The Morgan fingerprint density at radius 1 is 1.14 bits per heavy atom. The van der Waals surface area contributed by atoms with E-state index in [9.17, 15) is 9.59 Å². The lowest BCUT2D eigenvalue weighted by Gasteiger charge is -2.27. The highest BCUT2D eigenvalue weighted by atomic mass is 35.5. The summed E-state index contributed by atoms with van der Waals surface area (Å²) in [5.74, 6) is -0.261. The summed E-state index contributed by atoms with van der Waals surface area (Å²) >= 11 is 5.95. The van der Waals surface area contributed by atoms with Crippen LogP contribution in [-0.2, 0) is 16.8 Å². The van der Waals surface area contributed by atoms with E-state index >= 15 is 0 Å². The summed E-state index contributed by atoms with van der Waals surface area (Å²) < 4.78 is 0.